The number of halogens is 1. The quantitative estimate of drug-likeness (QED) is 0.889. The number of hydrogen-bond donors (Lipinski definition) is 1. The molecule has 1 aromatic heterocycles. The van der Waals surface area contributed by atoms with E-state index in [1.54, 1.807) is 13.3 Å². The van der Waals surface area contributed by atoms with Crippen LogP contribution in [0.1, 0.15) is 30.0 Å². The Morgan fingerprint density at radius 3 is 2.81 bits per heavy atom. The first kappa shape index (κ1) is 15.7. The molecule has 0 aliphatic carbocycles. The second-order valence-corrected chi connectivity index (χ2v) is 5.24. The van der Waals surface area contributed by atoms with Gasteiger partial charge < -0.3 is 10.1 Å². The molecule has 0 aliphatic rings. The third-order valence-corrected chi connectivity index (χ3v) is 3.51. The molecule has 0 aliphatic heterocycles. The fraction of sp³-hybridized carbons (Fsp3) is 0.375. The minimum Gasteiger partial charge on any atom is -0.496 e. The molecule has 1 atom stereocenters. The van der Waals surface area contributed by atoms with E-state index < -0.39 is 0 Å². The van der Waals surface area contributed by atoms with Crippen LogP contribution in [0.3, 0.4) is 0 Å². The summed E-state index contributed by atoms with van der Waals surface area (Å²) in [6, 6.07) is 7.72. The highest BCUT2D eigenvalue weighted by molar-refractivity contribution is 6.30. The van der Waals surface area contributed by atoms with E-state index in [4.69, 9.17) is 16.3 Å². The minimum atomic E-state index is 0.101. The normalized spacial score (nSPS) is 12.2. The molecular weight excluding hydrogens is 286 g/mol. The van der Waals surface area contributed by atoms with E-state index in [0.29, 0.717) is 5.02 Å². The van der Waals surface area contributed by atoms with Gasteiger partial charge in [0.2, 0.25) is 0 Å². The summed E-state index contributed by atoms with van der Waals surface area (Å²) in [5.41, 5.74) is 2.04. The fourth-order valence-electron chi connectivity index (χ4n) is 2.32. The standard InChI is InChI=1S/C16H20ClN3O/c1-4-18-15(14-7-8-19-11(2)20-14)10-12-9-13(17)5-6-16(12)21-3/h5-9,15,18H,4,10H2,1-3H3. The minimum absolute atomic E-state index is 0.101. The summed E-state index contributed by atoms with van der Waals surface area (Å²) in [6.45, 7) is 4.83. The van der Waals surface area contributed by atoms with Gasteiger partial charge in [-0.2, -0.15) is 0 Å². The first-order chi connectivity index (χ1) is 10.1. The van der Waals surface area contributed by atoms with Crippen molar-refractivity contribution >= 4 is 11.6 Å². The molecule has 21 heavy (non-hydrogen) atoms. The lowest BCUT2D eigenvalue weighted by Crippen LogP contribution is -2.24. The van der Waals surface area contributed by atoms with Gasteiger partial charge in [-0.25, -0.2) is 9.97 Å². The van der Waals surface area contributed by atoms with Crippen molar-refractivity contribution in [3.8, 4) is 5.75 Å². The van der Waals surface area contributed by atoms with E-state index in [2.05, 4.69) is 22.2 Å². The van der Waals surface area contributed by atoms with Gasteiger partial charge in [0, 0.05) is 11.2 Å². The molecule has 1 unspecified atom stereocenters. The van der Waals surface area contributed by atoms with Gasteiger partial charge in [-0.05, 0) is 49.7 Å². The summed E-state index contributed by atoms with van der Waals surface area (Å²) >= 11 is 6.10. The van der Waals surface area contributed by atoms with Crippen molar-refractivity contribution < 1.29 is 4.74 Å². The van der Waals surface area contributed by atoms with E-state index in [1.165, 1.54) is 0 Å². The zero-order valence-corrected chi connectivity index (χ0v) is 13.3. The van der Waals surface area contributed by atoms with Gasteiger partial charge in [0.1, 0.15) is 11.6 Å². The van der Waals surface area contributed by atoms with Gasteiger partial charge in [0.15, 0.2) is 0 Å². The van der Waals surface area contributed by atoms with Gasteiger partial charge in [-0.1, -0.05) is 18.5 Å². The molecule has 0 saturated heterocycles. The maximum Gasteiger partial charge on any atom is 0.125 e. The number of rotatable bonds is 6. The smallest absolute Gasteiger partial charge is 0.125 e. The first-order valence-corrected chi connectivity index (χ1v) is 7.37. The van der Waals surface area contributed by atoms with Gasteiger partial charge >= 0.3 is 0 Å². The highest BCUT2D eigenvalue weighted by atomic mass is 35.5. The Morgan fingerprint density at radius 2 is 2.14 bits per heavy atom. The van der Waals surface area contributed by atoms with Crippen molar-refractivity contribution in [2.75, 3.05) is 13.7 Å². The number of likely N-dealkylation sites (N-methyl/N-ethyl adjacent to an activating group) is 1. The van der Waals surface area contributed by atoms with Crippen molar-refractivity contribution in [1.82, 2.24) is 15.3 Å². The topological polar surface area (TPSA) is 47.0 Å². The summed E-state index contributed by atoms with van der Waals surface area (Å²) < 4.78 is 5.42. The van der Waals surface area contributed by atoms with Gasteiger partial charge in [0.05, 0.1) is 18.8 Å². The molecule has 1 heterocycles. The summed E-state index contributed by atoms with van der Waals surface area (Å²) in [4.78, 5) is 8.67. The number of methoxy groups -OCH3 is 1. The Bertz CT molecular complexity index is 604. The van der Waals surface area contributed by atoms with E-state index in [0.717, 1.165) is 35.8 Å². The number of aromatic nitrogens is 2. The van der Waals surface area contributed by atoms with Crippen LogP contribution in [0, 0.1) is 6.92 Å². The van der Waals surface area contributed by atoms with Gasteiger partial charge in [0.25, 0.3) is 0 Å². The summed E-state index contributed by atoms with van der Waals surface area (Å²) in [7, 11) is 1.67. The molecule has 2 rings (SSSR count). The molecule has 4 nitrogen and oxygen atoms in total. The van der Waals surface area contributed by atoms with Crippen LogP contribution >= 0.6 is 11.6 Å². The van der Waals surface area contributed by atoms with Crippen LogP contribution in [-0.2, 0) is 6.42 Å². The van der Waals surface area contributed by atoms with Crippen LogP contribution in [0.4, 0.5) is 0 Å². The number of ether oxygens (including phenoxy) is 1. The molecular formula is C16H20ClN3O. The predicted octanol–water partition coefficient (Wildman–Crippen LogP) is 3.34. The molecule has 0 amide bonds. The SMILES string of the molecule is CCNC(Cc1cc(Cl)ccc1OC)c1ccnc(C)n1. The molecule has 112 valence electrons. The van der Waals surface area contributed by atoms with Crippen molar-refractivity contribution in [2.24, 2.45) is 0 Å². The Hall–Kier alpha value is -1.65. The van der Waals surface area contributed by atoms with Crippen molar-refractivity contribution in [3.63, 3.8) is 0 Å². The van der Waals surface area contributed by atoms with E-state index in [1.807, 2.05) is 31.2 Å². The van der Waals surface area contributed by atoms with Gasteiger partial charge in [-0.15, -0.1) is 0 Å². The summed E-state index contributed by atoms with van der Waals surface area (Å²) in [5.74, 6) is 1.61. The Labute approximate surface area is 130 Å². The monoisotopic (exact) mass is 305 g/mol. The van der Waals surface area contributed by atoms with E-state index in [9.17, 15) is 0 Å². The summed E-state index contributed by atoms with van der Waals surface area (Å²) in [6.07, 6.45) is 2.55. The lowest BCUT2D eigenvalue weighted by Gasteiger charge is -2.19. The lowest BCUT2D eigenvalue weighted by atomic mass is 10.0. The third kappa shape index (κ3) is 4.16. The van der Waals surface area contributed by atoms with Crippen LogP contribution in [0.2, 0.25) is 5.02 Å². The predicted molar refractivity (Wildman–Crippen MR) is 84.9 cm³/mol. The maximum atomic E-state index is 6.10. The maximum absolute atomic E-state index is 6.10. The molecule has 0 radical (unpaired) electrons. The number of benzene rings is 1. The number of aryl methyl sites for hydroxylation is 1. The Balaban J connectivity index is 2.30. The molecule has 0 saturated carbocycles. The largest absolute Gasteiger partial charge is 0.496 e. The molecule has 0 spiro atoms. The lowest BCUT2D eigenvalue weighted by molar-refractivity contribution is 0.405. The van der Waals surface area contributed by atoms with Crippen molar-refractivity contribution in [3.05, 3.63) is 52.6 Å². The first-order valence-electron chi connectivity index (χ1n) is 6.99. The van der Waals surface area contributed by atoms with Crippen LogP contribution in [0.5, 0.6) is 5.75 Å². The number of nitrogens with zero attached hydrogens (tertiary/aromatic N) is 2. The second-order valence-electron chi connectivity index (χ2n) is 4.80. The average Bonchev–Trinajstić information content (AvgIpc) is 2.47. The highest BCUT2D eigenvalue weighted by Gasteiger charge is 2.16. The van der Waals surface area contributed by atoms with Crippen LogP contribution in [-0.4, -0.2) is 23.6 Å². The van der Waals surface area contributed by atoms with Crippen LogP contribution < -0.4 is 10.1 Å². The summed E-state index contributed by atoms with van der Waals surface area (Å²) in [5, 5.41) is 4.16. The molecule has 0 bridgehead atoms. The molecule has 1 N–H and O–H groups in total. The number of nitrogens with one attached hydrogen (secondary N) is 1. The van der Waals surface area contributed by atoms with E-state index in [-0.39, 0.29) is 6.04 Å². The van der Waals surface area contributed by atoms with Crippen LogP contribution in [0.25, 0.3) is 0 Å². The Kier molecular flexibility index (Phi) is 5.53. The molecule has 1 aromatic carbocycles. The molecule has 5 heteroatoms. The van der Waals surface area contributed by atoms with Crippen molar-refractivity contribution in [1.29, 1.82) is 0 Å². The van der Waals surface area contributed by atoms with E-state index >= 15 is 0 Å². The highest BCUT2D eigenvalue weighted by Crippen LogP contribution is 2.27. The van der Waals surface area contributed by atoms with Crippen molar-refractivity contribution in [2.45, 2.75) is 26.3 Å². The fourth-order valence-corrected chi connectivity index (χ4v) is 2.52. The average molecular weight is 306 g/mol. The Morgan fingerprint density at radius 1 is 1.33 bits per heavy atom. The zero-order valence-electron chi connectivity index (χ0n) is 12.6. The number of hydrogen-bond acceptors (Lipinski definition) is 4. The van der Waals surface area contributed by atoms with Crippen LogP contribution in [0.15, 0.2) is 30.5 Å². The van der Waals surface area contributed by atoms with Gasteiger partial charge in [-0.3, -0.25) is 0 Å². The second kappa shape index (κ2) is 7.38. The molecule has 0 fully saturated rings. The molecule has 2 aromatic rings. The zero-order chi connectivity index (χ0) is 15.2. The third-order valence-electron chi connectivity index (χ3n) is 3.27.